The minimum atomic E-state index is -3.86. The SMILES string of the molecule is CCOc1cccc(CNC(=O)c2cccc(S(=O)(=O)Nc3ccc(OC)cc3)c2)c1. The lowest BCUT2D eigenvalue weighted by molar-refractivity contribution is 0.0950. The van der Waals surface area contributed by atoms with Crippen LogP contribution in [0.15, 0.2) is 77.7 Å². The Kier molecular flexibility index (Phi) is 7.15. The van der Waals surface area contributed by atoms with Crippen molar-refractivity contribution in [2.24, 2.45) is 0 Å². The molecule has 0 saturated heterocycles. The number of anilines is 1. The van der Waals surface area contributed by atoms with Crippen LogP contribution in [0.1, 0.15) is 22.8 Å². The summed E-state index contributed by atoms with van der Waals surface area (Å²) in [5.41, 5.74) is 1.52. The smallest absolute Gasteiger partial charge is 0.261 e. The van der Waals surface area contributed by atoms with Gasteiger partial charge in [-0.2, -0.15) is 0 Å². The van der Waals surface area contributed by atoms with Gasteiger partial charge in [-0.25, -0.2) is 8.42 Å². The van der Waals surface area contributed by atoms with Gasteiger partial charge in [0.05, 0.1) is 18.6 Å². The normalized spacial score (nSPS) is 10.9. The summed E-state index contributed by atoms with van der Waals surface area (Å²) in [6.07, 6.45) is 0. The van der Waals surface area contributed by atoms with Crippen molar-refractivity contribution in [3.05, 3.63) is 83.9 Å². The van der Waals surface area contributed by atoms with E-state index in [0.717, 1.165) is 11.3 Å². The standard InChI is InChI=1S/C23H24N2O5S/c1-3-30-21-8-4-6-17(14-21)16-24-23(26)18-7-5-9-22(15-18)31(27,28)25-19-10-12-20(29-2)13-11-19/h4-15,25H,3,16H2,1-2H3,(H,24,26). The van der Waals surface area contributed by atoms with Gasteiger partial charge in [-0.15, -0.1) is 0 Å². The van der Waals surface area contributed by atoms with E-state index in [1.165, 1.54) is 25.3 Å². The number of hydrogen-bond donors (Lipinski definition) is 2. The summed E-state index contributed by atoms with van der Waals surface area (Å²) < 4.78 is 38.5. The highest BCUT2D eigenvalue weighted by Crippen LogP contribution is 2.20. The number of methoxy groups -OCH3 is 1. The minimum Gasteiger partial charge on any atom is -0.497 e. The Balaban J connectivity index is 1.69. The molecular weight excluding hydrogens is 416 g/mol. The minimum absolute atomic E-state index is 0.00527. The van der Waals surface area contributed by atoms with Crippen molar-refractivity contribution in [3.63, 3.8) is 0 Å². The van der Waals surface area contributed by atoms with Crippen LogP contribution in [-0.2, 0) is 16.6 Å². The zero-order valence-corrected chi connectivity index (χ0v) is 18.1. The van der Waals surface area contributed by atoms with Gasteiger partial charge in [0.15, 0.2) is 0 Å². The van der Waals surface area contributed by atoms with Crippen LogP contribution in [0, 0.1) is 0 Å². The summed E-state index contributed by atoms with van der Waals surface area (Å²) >= 11 is 0. The van der Waals surface area contributed by atoms with E-state index in [1.54, 1.807) is 30.3 Å². The molecule has 0 bridgehead atoms. The zero-order valence-electron chi connectivity index (χ0n) is 17.3. The number of carbonyl (C=O) groups excluding carboxylic acids is 1. The molecule has 0 atom stereocenters. The highest BCUT2D eigenvalue weighted by molar-refractivity contribution is 7.92. The lowest BCUT2D eigenvalue weighted by atomic mass is 10.2. The van der Waals surface area contributed by atoms with Gasteiger partial charge < -0.3 is 14.8 Å². The first-order valence-electron chi connectivity index (χ1n) is 9.68. The van der Waals surface area contributed by atoms with Crippen LogP contribution >= 0.6 is 0 Å². The molecule has 2 N–H and O–H groups in total. The van der Waals surface area contributed by atoms with Crippen LogP contribution in [0.4, 0.5) is 5.69 Å². The average Bonchev–Trinajstić information content (AvgIpc) is 2.78. The predicted molar refractivity (Wildman–Crippen MR) is 119 cm³/mol. The van der Waals surface area contributed by atoms with Crippen LogP contribution in [0.25, 0.3) is 0 Å². The molecule has 7 nitrogen and oxygen atoms in total. The molecule has 3 aromatic rings. The zero-order chi connectivity index (χ0) is 22.3. The van der Waals surface area contributed by atoms with Gasteiger partial charge in [0.25, 0.3) is 15.9 Å². The first kappa shape index (κ1) is 22.2. The third-order valence-corrected chi connectivity index (χ3v) is 5.79. The summed E-state index contributed by atoms with van der Waals surface area (Å²) in [6, 6.07) is 19.8. The van der Waals surface area contributed by atoms with E-state index >= 15 is 0 Å². The van der Waals surface area contributed by atoms with Crippen LogP contribution in [0.3, 0.4) is 0 Å². The molecule has 0 aliphatic carbocycles. The first-order valence-corrected chi connectivity index (χ1v) is 11.2. The van der Waals surface area contributed by atoms with E-state index in [4.69, 9.17) is 9.47 Å². The second-order valence-corrected chi connectivity index (χ2v) is 8.31. The summed E-state index contributed by atoms with van der Waals surface area (Å²) in [6.45, 7) is 2.75. The molecule has 1 amide bonds. The largest absolute Gasteiger partial charge is 0.497 e. The Labute approximate surface area is 182 Å². The number of hydrogen-bond acceptors (Lipinski definition) is 5. The fourth-order valence-corrected chi connectivity index (χ4v) is 3.98. The molecule has 0 radical (unpaired) electrons. The van der Waals surface area contributed by atoms with Crippen LogP contribution < -0.4 is 19.5 Å². The Morgan fingerprint density at radius 2 is 1.68 bits per heavy atom. The quantitative estimate of drug-likeness (QED) is 0.528. The van der Waals surface area contributed by atoms with Crippen molar-refractivity contribution >= 4 is 21.6 Å². The van der Waals surface area contributed by atoms with Crippen molar-refractivity contribution in [3.8, 4) is 11.5 Å². The molecule has 8 heteroatoms. The molecular formula is C23H24N2O5S. The van der Waals surface area contributed by atoms with E-state index < -0.39 is 10.0 Å². The van der Waals surface area contributed by atoms with E-state index in [0.29, 0.717) is 24.6 Å². The highest BCUT2D eigenvalue weighted by atomic mass is 32.2. The molecule has 0 spiro atoms. The van der Waals surface area contributed by atoms with Gasteiger partial charge in [0.1, 0.15) is 11.5 Å². The molecule has 0 fully saturated rings. The second kappa shape index (κ2) is 9.99. The van der Waals surface area contributed by atoms with Crippen LogP contribution in [0.5, 0.6) is 11.5 Å². The molecule has 0 heterocycles. The molecule has 0 aromatic heterocycles. The Morgan fingerprint density at radius 1 is 0.935 bits per heavy atom. The van der Waals surface area contributed by atoms with Crippen molar-refractivity contribution < 1.29 is 22.7 Å². The fourth-order valence-electron chi connectivity index (χ4n) is 2.87. The lowest BCUT2D eigenvalue weighted by Gasteiger charge is -2.11. The number of sulfonamides is 1. The van der Waals surface area contributed by atoms with E-state index in [9.17, 15) is 13.2 Å². The third-order valence-electron chi connectivity index (χ3n) is 4.41. The van der Waals surface area contributed by atoms with Gasteiger partial charge >= 0.3 is 0 Å². The van der Waals surface area contributed by atoms with Crippen LogP contribution in [0.2, 0.25) is 0 Å². The summed E-state index contributed by atoms with van der Waals surface area (Å²) in [7, 11) is -2.32. The maximum Gasteiger partial charge on any atom is 0.261 e. The molecule has 31 heavy (non-hydrogen) atoms. The molecule has 3 aromatic carbocycles. The summed E-state index contributed by atoms with van der Waals surface area (Å²) in [4.78, 5) is 12.6. The molecule has 0 saturated carbocycles. The predicted octanol–water partition coefficient (Wildman–Crippen LogP) is 3.82. The van der Waals surface area contributed by atoms with Crippen molar-refractivity contribution in [2.75, 3.05) is 18.4 Å². The Hall–Kier alpha value is -3.52. The van der Waals surface area contributed by atoms with Gasteiger partial charge in [0.2, 0.25) is 0 Å². The number of amides is 1. The van der Waals surface area contributed by atoms with Gasteiger partial charge in [-0.05, 0) is 67.1 Å². The number of rotatable bonds is 9. The first-order chi connectivity index (χ1) is 14.9. The molecule has 3 rings (SSSR count). The molecule has 0 aliphatic heterocycles. The lowest BCUT2D eigenvalue weighted by Crippen LogP contribution is -2.23. The number of nitrogens with one attached hydrogen (secondary N) is 2. The topological polar surface area (TPSA) is 93.7 Å². The monoisotopic (exact) mass is 440 g/mol. The Bertz CT molecular complexity index is 1140. The summed E-state index contributed by atoms with van der Waals surface area (Å²) in [5.74, 6) is 0.976. The number of benzene rings is 3. The van der Waals surface area contributed by atoms with Gasteiger partial charge in [-0.3, -0.25) is 9.52 Å². The molecule has 162 valence electrons. The van der Waals surface area contributed by atoms with Crippen molar-refractivity contribution in [1.82, 2.24) is 5.32 Å². The van der Waals surface area contributed by atoms with E-state index in [2.05, 4.69) is 10.0 Å². The fraction of sp³-hybridized carbons (Fsp3) is 0.174. The highest BCUT2D eigenvalue weighted by Gasteiger charge is 2.16. The maximum absolute atomic E-state index is 12.7. The van der Waals surface area contributed by atoms with E-state index in [-0.39, 0.29) is 16.4 Å². The van der Waals surface area contributed by atoms with Crippen molar-refractivity contribution in [2.45, 2.75) is 18.4 Å². The average molecular weight is 441 g/mol. The molecule has 0 aliphatic rings. The van der Waals surface area contributed by atoms with Crippen LogP contribution in [-0.4, -0.2) is 28.0 Å². The van der Waals surface area contributed by atoms with E-state index in [1.807, 2.05) is 31.2 Å². The summed E-state index contributed by atoms with van der Waals surface area (Å²) in [5, 5.41) is 2.80. The van der Waals surface area contributed by atoms with Crippen molar-refractivity contribution in [1.29, 1.82) is 0 Å². The third kappa shape index (κ3) is 5.99. The number of ether oxygens (including phenoxy) is 2. The van der Waals surface area contributed by atoms with Gasteiger partial charge in [-0.1, -0.05) is 18.2 Å². The molecule has 0 unspecified atom stereocenters. The number of carbonyl (C=O) groups is 1. The second-order valence-electron chi connectivity index (χ2n) is 6.62. The van der Waals surface area contributed by atoms with Gasteiger partial charge in [0, 0.05) is 17.8 Å². The maximum atomic E-state index is 12.7. The Morgan fingerprint density at radius 3 is 2.39 bits per heavy atom.